The molecule has 3 fully saturated rings. The van der Waals surface area contributed by atoms with Crippen molar-refractivity contribution in [2.24, 2.45) is 5.73 Å². The summed E-state index contributed by atoms with van der Waals surface area (Å²) in [4.78, 5) is 111. The molecule has 0 radical (unpaired) electrons. The molecule has 0 aromatic carbocycles. The predicted octanol–water partition coefficient (Wildman–Crippen LogP) is -6.14. The van der Waals surface area contributed by atoms with E-state index in [4.69, 9.17) is 39.6 Å². The van der Waals surface area contributed by atoms with Gasteiger partial charge in [-0.25, -0.2) is 4.79 Å². The van der Waals surface area contributed by atoms with Crippen molar-refractivity contribution in [2.45, 2.75) is 164 Å². The minimum Gasteiger partial charge on any atom is -0.480 e. The maximum absolute atomic E-state index is 13.5. The van der Waals surface area contributed by atoms with Crippen molar-refractivity contribution >= 4 is 53.4 Å². The predicted molar refractivity (Wildman–Crippen MR) is 210 cm³/mol. The van der Waals surface area contributed by atoms with Crippen LogP contribution in [0.3, 0.4) is 0 Å². The molecule has 2 unspecified atom stereocenters. The van der Waals surface area contributed by atoms with Crippen LogP contribution in [0, 0.1) is 0 Å². The van der Waals surface area contributed by atoms with Gasteiger partial charge in [0.25, 0.3) is 0 Å². The summed E-state index contributed by atoms with van der Waals surface area (Å²) in [5, 5.41) is 73.3. The van der Waals surface area contributed by atoms with Crippen LogP contribution in [0.2, 0.25) is 0 Å². The molecule has 3 heterocycles. The number of hydrogen-bond acceptors (Lipinski definition) is 18. The molecule has 3 aliphatic heterocycles. The number of hydrogen-bond donors (Lipinski definition) is 13. The Balaban J connectivity index is 1.69. The molecule has 27 heteroatoms. The first kappa shape index (κ1) is 53.2. The SMILES string of the molecule is CC(=O)N[C@H]1[C@H](O[C@@H]2C3COC(O3)[C@H](NC(C)=O)[C@H]2O[C@H](C)C(=O)N[C@@H](C)C(=O)N[C@H](CCC(=O)N[C@@H](CCC[C@@H](N)C(=O)O)C(=O)N[C@H](C)C(=O)O)C(=O)O)O[C@H](CO)[C@@H](O)[C@@H]1O. The van der Waals surface area contributed by atoms with Gasteiger partial charge >= 0.3 is 17.9 Å². The molecule has 0 aromatic rings. The zero-order chi connectivity index (χ0) is 48.2. The highest BCUT2D eigenvalue weighted by atomic mass is 16.8. The highest BCUT2D eigenvalue weighted by Gasteiger charge is 2.56. The molecule has 0 aromatic heterocycles. The summed E-state index contributed by atoms with van der Waals surface area (Å²) in [5.41, 5.74) is 5.50. The monoisotopic (exact) mass is 921 g/mol. The number of aliphatic hydroxyl groups excluding tert-OH is 3. The normalized spacial score (nSPS) is 29.0. The fraction of sp³-hybridized carbons (Fsp3) is 0.757. The second-order valence-electron chi connectivity index (χ2n) is 15.6. The minimum atomic E-state index is -1.69. The Morgan fingerprint density at radius 3 is 1.91 bits per heavy atom. The summed E-state index contributed by atoms with van der Waals surface area (Å²) in [6, 6.07) is -9.62. The Morgan fingerprint density at radius 1 is 0.703 bits per heavy atom. The van der Waals surface area contributed by atoms with Crippen LogP contribution in [0.25, 0.3) is 0 Å². The molecule has 3 saturated heterocycles. The van der Waals surface area contributed by atoms with Crippen LogP contribution in [-0.4, -0.2) is 195 Å². The number of amides is 6. The van der Waals surface area contributed by atoms with Gasteiger partial charge in [-0.1, -0.05) is 0 Å². The molecule has 14 N–H and O–H groups in total. The fourth-order valence-electron chi connectivity index (χ4n) is 6.93. The van der Waals surface area contributed by atoms with E-state index in [0.717, 1.165) is 6.92 Å². The molecular formula is C37H59N7O20. The van der Waals surface area contributed by atoms with Crippen LogP contribution in [0.4, 0.5) is 0 Å². The lowest BCUT2D eigenvalue weighted by Crippen LogP contribution is -2.68. The maximum atomic E-state index is 13.5. The van der Waals surface area contributed by atoms with Crippen molar-refractivity contribution in [1.29, 1.82) is 0 Å². The van der Waals surface area contributed by atoms with Crippen LogP contribution < -0.4 is 37.6 Å². The molecular weight excluding hydrogens is 862 g/mol. The fourth-order valence-corrected chi connectivity index (χ4v) is 6.93. The molecule has 0 aliphatic carbocycles. The number of carboxylic acid groups (broad SMARTS) is 3. The van der Waals surface area contributed by atoms with Gasteiger partial charge in [0.2, 0.25) is 35.4 Å². The van der Waals surface area contributed by atoms with E-state index in [0.29, 0.717) is 0 Å². The third-order valence-electron chi connectivity index (χ3n) is 10.4. The van der Waals surface area contributed by atoms with Gasteiger partial charge in [0.15, 0.2) is 12.6 Å². The van der Waals surface area contributed by atoms with Crippen molar-refractivity contribution in [3.05, 3.63) is 0 Å². The Labute approximate surface area is 365 Å². The second-order valence-corrected chi connectivity index (χ2v) is 15.6. The lowest BCUT2D eigenvalue weighted by atomic mass is 9.95. The number of aliphatic hydroxyl groups is 3. The van der Waals surface area contributed by atoms with Gasteiger partial charge < -0.3 is 92.0 Å². The smallest absolute Gasteiger partial charge is 0.326 e. The lowest BCUT2D eigenvalue weighted by molar-refractivity contribution is -0.313. The van der Waals surface area contributed by atoms with E-state index < -0.39 is 170 Å². The molecule has 27 nitrogen and oxygen atoms in total. The van der Waals surface area contributed by atoms with Gasteiger partial charge in [-0.05, 0) is 46.5 Å². The first-order valence-electron chi connectivity index (χ1n) is 20.3. The summed E-state index contributed by atoms with van der Waals surface area (Å²) in [7, 11) is 0. The number of ether oxygens (including phenoxy) is 5. The number of carbonyl (C=O) groups is 9. The van der Waals surface area contributed by atoms with E-state index in [9.17, 15) is 63.6 Å². The van der Waals surface area contributed by atoms with Crippen molar-refractivity contribution in [2.75, 3.05) is 13.2 Å². The van der Waals surface area contributed by atoms with Gasteiger partial charge in [0.1, 0.15) is 85.0 Å². The molecule has 3 rings (SSSR count). The van der Waals surface area contributed by atoms with Gasteiger partial charge in [-0.15, -0.1) is 0 Å². The number of aliphatic carboxylic acids is 3. The Kier molecular flexibility index (Phi) is 20.2. The highest BCUT2D eigenvalue weighted by Crippen LogP contribution is 2.35. The Morgan fingerprint density at radius 2 is 1.33 bits per heavy atom. The third-order valence-corrected chi connectivity index (χ3v) is 10.4. The van der Waals surface area contributed by atoms with Crippen LogP contribution in [0.15, 0.2) is 0 Å². The topological polar surface area (TPSA) is 419 Å². The number of nitrogens with one attached hydrogen (secondary N) is 6. The number of nitrogens with two attached hydrogens (primary N) is 1. The van der Waals surface area contributed by atoms with Gasteiger partial charge in [-0.3, -0.25) is 38.4 Å². The zero-order valence-electron chi connectivity index (χ0n) is 35.7. The molecule has 6 amide bonds. The molecule has 0 spiro atoms. The zero-order valence-corrected chi connectivity index (χ0v) is 35.7. The van der Waals surface area contributed by atoms with Crippen LogP contribution in [-0.2, 0) is 66.8 Å². The molecule has 2 bridgehead atoms. The quantitative estimate of drug-likeness (QED) is 0.0428. The summed E-state index contributed by atoms with van der Waals surface area (Å²) in [6.07, 6.45) is -13.6. The lowest BCUT2D eigenvalue weighted by Gasteiger charge is -2.47. The summed E-state index contributed by atoms with van der Waals surface area (Å²) in [5.74, 6) is -9.14. The van der Waals surface area contributed by atoms with E-state index >= 15 is 0 Å². The van der Waals surface area contributed by atoms with Gasteiger partial charge in [0.05, 0.1) is 13.2 Å². The van der Waals surface area contributed by atoms with Crippen LogP contribution >= 0.6 is 0 Å². The summed E-state index contributed by atoms with van der Waals surface area (Å²) < 4.78 is 29.6. The summed E-state index contributed by atoms with van der Waals surface area (Å²) in [6.45, 7) is 5.13. The average molecular weight is 922 g/mol. The highest BCUT2D eigenvalue weighted by molar-refractivity contribution is 5.92. The molecule has 3 aliphatic rings. The first-order chi connectivity index (χ1) is 29.9. The second kappa shape index (κ2) is 24.2. The van der Waals surface area contributed by atoms with Crippen molar-refractivity contribution < 1.29 is 97.5 Å². The summed E-state index contributed by atoms with van der Waals surface area (Å²) >= 11 is 0. The standard InChI is InChI=1S/C37H59N7O20/c1-13(30(51)44-20(35(58)59)9-10-23(48)43-19(8-6-7-18(38)34(56)57)32(53)40-14(2)33(54)55)39-31(52)15(3)61-29-25(42-17(5)47)36-60-12-22(63-36)28(29)64-37-24(41-16(4)46)27(50)26(49)21(11-45)62-37/h13-15,18-22,24-29,36-37,45,49-50H,6-12,38H2,1-5H3,(H,39,52)(H,40,53)(H,41,46)(H,42,47)(H,43,48)(H,44,51)(H,54,55)(H,56,57)(H,58,59)/t13-,14+,15+,18+,19-,20+,21+,22?,24+,25+,26+,27+,28+,29+,36?,37-/m0/s1. The molecule has 0 saturated carbocycles. The van der Waals surface area contributed by atoms with Gasteiger partial charge in [0, 0.05) is 20.3 Å². The third kappa shape index (κ3) is 15.0. The minimum absolute atomic E-state index is 0.0293. The van der Waals surface area contributed by atoms with Crippen molar-refractivity contribution in [3.63, 3.8) is 0 Å². The maximum Gasteiger partial charge on any atom is 0.326 e. The van der Waals surface area contributed by atoms with E-state index in [2.05, 4.69) is 31.9 Å². The number of carboxylic acids is 3. The number of carbonyl (C=O) groups excluding carboxylic acids is 6. The Bertz CT molecular complexity index is 1710. The van der Waals surface area contributed by atoms with Crippen LogP contribution in [0.1, 0.15) is 66.7 Å². The molecule has 362 valence electrons. The average Bonchev–Trinajstić information content (AvgIpc) is 3.66. The van der Waals surface area contributed by atoms with Crippen molar-refractivity contribution in [3.8, 4) is 0 Å². The van der Waals surface area contributed by atoms with Gasteiger partial charge in [-0.2, -0.15) is 0 Å². The van der Waals surface area contributed by atoms with E-state index in [1.54, 1.807) is 0 Å². The Hall–Kier alpha value is -5.13. The van der Waals surface area contributed by atoms with Crippen molar-refractivity contribution in [1.82, 2.24) is 31.9 Å². The van der Waals surface area contributed by atoms with E-state index in [-0.39, 0.29) is 25.9 Å². The van der Waals surface area contributed by atoms with E-state index in [1.165, 1.54) is 27.7 Å². The van der Waals surface area contributed by atoms with Crippen LogP contribution in [0.5, 0.6) is 0 Å². The number of rotatable bonds is 24. The molecule has 64 heavy (non-hydrogen) atoms. The van der Waals surface area contributed by atoms with E-state index in [1.807, 2.05) is 0 Å². The largest absolute Gasteiger partial charge is 0.480 e. The molecule has 16 atom stereocenters. The number of fused-ring (bicyclic) bond motifs is 2. The first-order valence-corrected chi connectivity index (χ1v) is 20.3.